The second kappa shape index (κ2) is 10.1. The lowest BCUT2D eigenvalue weighted by molar-refractivity contribution is -0.186. The maximum atomic E-state index is 14.4. The quantitative estimate of drug-likeness (QED) is 0.430. The summed E-state index contributed by atoms with van der Waals surface area (Å²) < 4.78 is 43.7. The Balaban J connectivity index is 1.73. The molecule has 1 aliphatic carbocycles. The van der Waals surface area contributed by atoms with Crippen molar-refractivity contribution in [3.8, 4) is 11.1 Å². The zero-order chi connectivity index (χ0) is 19.9. The van der Waals surface area contributed by atoms with Gasteiger partial charge in [-0.3, -0.25) is 0 Å². The van der Waals surface area contributed by atoms with Crippen LogP contribution in [-0.2, 0) is 11.2 Å². The molecule has 0 saturated heterocycles. The van der Waals surface area contributed by atoms with Gasteiger partial charge in [0.2, 0.25) is 0 Å². The summed E-state index contributed by atoms with van der Waals surface area (Å²) in [7, 11) is 0. The number of unbranched alkanes of at least 4 members (excludes halogenated alkanes) is 2. The van der Waals surface area contributed by atoms with Crippen LogP contribution >= 0.6 is 0 Å². The van der Waals surface area contributed by atoms with Gasteiger partial charge in [0, 0.05) is 0 Å². The van der Waals surface area contributed by atoms with E-state index in [-0.39, 0.29) is 12.3 Å². The molecule has 0 amide bonds. The normalized spacial score (nSPS) is 22.5. The van der Waals surface area contributed by atoms with Crippen LogP contribution in [0.25, 0.3) is 11.1 Å². The molecule has 2 aromatic rings. The molecule has 4 heteroatoms. The van der Waals surface area contributed by atoms with Crippen LogP contribution in [0.4, 0.5) is 13.2 Å². The van der Waals surface area contributed by atoms with Gasteiger partial charge in [-0.2, -0.15) is 8.78 Å². The number of halogens is 3. The standard InChI is InChI=1S/C24H29F3O/c1-2-3-4-7-17-10-12-18(13-11-17)20-8-5-6-9-21(20)19-14-15-23(22(25)16-19)28-24(26)27/h5-6,8-13,19,22-24H,2-4,7,14-16H2,1H3. The van der Waals surface area contributed by atoms with Crippen LogP contribution in [0.15, 0.2) is 48.5 Å². The van der Waals surface area contributed by atoms with E-state index < -0.39 is 18.9 Å². The molecule has 0 bridgehead atoms. The SMILES string of the molecule is CCCCCc1ccc(-c2ccccc2C2CCC(OC(F)F)C(F)C2)cc1. The molecular formula is C24H29F3O. The van der Waals surface area contributed by atoms with Crippen molar-refractivity contribution in [2.45, 2.75) is 76.7 Å². The first-order chi connectivity index (χ1) is 13.6. The fourth-order valence-corrected chi connectivity index (χ4v) is 4.20. The number of hydrogen-bond acceptors (Lipinski definition) is 1. The minimum atomic E-state index is -2.91. The summed E-state index contributed by atoms with van der Waals surface area (Å²) in [5.41, 5.74) is 4.66. The van der Waals surface area contributed by atoms with Gasteiger partial charge in [-0.05, 0) is 60.3 Å². The highest BCUT2D eigenvalue weighted by molar-refractivity contribution is 5.68. The average Bonchev–Trinajstić information content (AvgIpc) is 2.70. The fourth-order valence-electron chi connectivity index (χ4n) is 4.20. The van der Waals surface area contributed by atoms with E-state index in [2.05, 4.69) is 42.0 Å². The van der Waals surface area contributed by atoms with E-state index in [1.165, 1.54) is 24.8 Å². The highest BCUT2D eigenvalue weighted by Crippen LogP contribution is 2.40. The molecule has 1 saturated carbocycles. The third-order valence-corrected chi connectivity index (χ3v) is 5.72. The molecule has 2 aromatic carbocycles. The lowest BCUT2D eigenvalue weighted by Crippen LogP contribution is -2.33. The molecular weight excluding hydrogens is 361 g/mol. The predicted molar refractivity (Wildman–Crippen MR) is 107 cm³/mol. The van der Waals surface area contributed by atoms with E-state index >= 15 is 0 Å². The molecule has 0 heterocycles. The lowest BCUT2D eigenvalue weighted by Gasteiger charge is -2.32. The van der Waals surface area contributed by atoms with Crippen molar-refractivity contribution in [1.29, 1.82) is 0 Å². The third-order valence-electron chi connectivity index (χ3n) is 5.72. The van der Waals surface area contributed by atoms with Crippen LogP contribution in [0.3, 0.4) is 0 Å². The molecule has 0 aliphatic heterocycles. The first-order valence-electron chi connectivity index (χ1n) is 10.3. The van der Waals surface area contributed by atoms with Crippen LogP contribution < -0.4 is 0 Å². The predicted octanol–water partition coefficient (Wildman–Crippen LogP) is 7.30. The van der Waals surface area contributed by atoms with Crippen LogP contribution in [0.2, 0.25) is 0 Å². The molecule has 3 atom stereocenters. The van der Waals surface area contributed by atoms with Gasteiger partial charge < -0.3 is 4.74 Å². The molecule has 0 aromatic heterocycles. The number of aryl methyl sites for hydroxylation is 1. The lowest BCUT2D eigenvalue weighted by atomic mass is 9.79. The number of rotatable bonds is 8. The monoisotopic (exact) mass is 390 g/mol. The van der Waals surface area contributed by atoms with Crippen molar-refractivity contribution >= 4 is 0 Å². The summed E-state index contributed by atoms with van der Waals surface area (Å²) in [4.78, 5) is 0. The molecule has 0 N–H and O–H groups in total. The van der Waals surface area contributed by atoms with E-state index in [9.17, 15) is 13.2 Å². The summed E-state index contributed by atoms with van der Waals surface area (Å²) in [5.74, 6) is 0.0213. The number of hydrogen-bond donors (Lipinski definition) is 0. The van der Waals surface area contributed by atoms with Crippen molar-refractivity contribution in [3.05, 3.63) is 59.7 Å². The molecule has 1 nitrogen and oxygen atoms in total. The Hall–Kier alpha value is -1.81. The second-order valence-electron chi connectivity index (χ2n) is 7.70. The van der Waals surface area contributed by atoms with Gasteiger partial charge in [0.25, 0.3) is 0 Å². The molecule has 0 spiro atoms. The number of ether oxygens (including phenoxy) is 1. The van der Waals surface area contributed by atoms with Crippen LogP contribution in [0, 0.1) is 0 Å². The van der Waals surface area contributed by atoms with Gasteiger partial charge in [-0.1, -0.05) is 68.3 Å². The molecule has 1 aliphatic rings. The van der Waals surface area contributed by atoms with Crippen molar-refractivity contribution < 1.29 is 17.9 Å². The summed E-state index contributed by atoms with van der Waals surface area (Å²) in [6.45, 7) is -0.710. The Labute approximate surface area is 165 Å². The first kappa shape index (κ1) is 20.9. The van der Waals surface area contributed by atoms with Gasteiger partial charge in [-0.25, -0.2) is 4.39 Å². The Bertz CT molecular complexity index is 729. The maximum Gasteiger partial charge on any atom is 0.345 e. The van der Waals surface area contributed by atoms with E-state index in [4.69, 9.17) is 0 Å². The smallest absolute Gasteiger partial charge is 0.317 e. The van der Waals surface area contributed by atoms with Crippen molar-refractivity contribution in [2.24, 2.45) is 0 Å². The zero-order valence-electron chi connectivity index (χ0n) is 16.4. The van der Waals surface area contributed by atoms with E-state index in [1.54, 1.807) is 0 Å². The fraction of sp³-hybridized carbons (Fsp3) is 0.500. The van der Waals surface area contributed by atoms with Crippen LogP contribution in [0.5, 0.6) is 0 Å². The Morgan fingerprint density at radius 2 is 1.75 bits per heavy atom. The Morgan fingerprint density at radius 1 is 1.00 bits per heavy atom. The zero-order valence-corrected chi connectivity index (χ0v) is 16.4. The molecule has 152 valence electrons. The summed E-state index contributed by atoms with van der Waals surface area (Å²) in [6, 6.07) is 16.7. The van der Waals surface area contributed by atoms with Crippen molar-refractivity contribution in [1.82, 2.24) is 0 Å². The minimum absolute atomic E-state index is 0.0213. The van der Waals surface area contributed by atoms with Gasteiger partial charge in [0.05, 0.1) is 6.10 Å². The maximum absolute atomic E-state index is 14.4. The second-order valence-corrected chi connectivity index (χ2v) is 7.70. The topological polar surface area (TPSA) is 9.23 Å². The molecule has 3 rings (SSSR count). The van der Waals surface area contributed by atoms with Crippen LogP contribution in [-0.4, -0.2) is 18.9 Å². The number of benzene rings is 2. The Morgan fingerprint density at radius 3 is 2.43 bits per heavy atom. The van der Waals surface area contributed by atoms with Gasteiger partial charge in [0.15, 0.2) is 0 Å². The van der Waals surface area contributed by atoms with E-state index in [0.717, 1.165) is 23.1 Å². The van der Waals surface area contributed by atoms with Gasteiger partial charge in [0.1, 0.15) is 6.17 Å². The highest BCUT2D eigenvalue weighted by Gasteiger charge is 2.34. The molecule has 0 radical (unpaired) electrons. The number of alkyl halides is 3. The molecule has 3 unspecified atom stereocenters. The highest BCUT2D eigenvalue weighted by atomic mass is 19.3. The van der Waals surface area contributed by atoms with Crippen molar-refractivity contribution in [3.63, 3.8) is 0 Å². The van der Waals surface area contributed by atoms with Gasteiger partial charge >= 0.3 is 6.61 Å². The van der Waals surface area contributed by atoms with Crippen LogP contribution in [0.1, 0.15) is 62.5 Å². The minimum Gasteiger partial charge on any atom is -0.317 e. The molecule has 28 heavy (non-hydrogen) atoms. The summed E-state index contributed by atoms with van der Waals surface area (Å²) >= 11 is 0. The van der Waals surface area contributed by atoms with E-state index in [1.807, 2.05) is 18.2 Å². The average molecular weight is 390 g/mol. The van der Waals surface area contributed by atoms with Gasteiger partial charge in [-0.15, -0.1) is 0 Å². The van der Waals surface area contributed by atoms with Crippen molar-refractivity contribution in [2.75, 3.05) is 0 Å². The summed E-state index contributed by atoms with van der Waals surface area (Å²) in [5, 5.41) is 0. The third kappa shape index (κ3) is 5.38. The first-order valence-corrected chi connectivity index (χ1v) is 10.3. The summed E-state index contributed by atoms with van der Waals surface area (Å²) in [6.07, 6.45) is 3.60. The van der Waals surface area contributed by atoms with E-state index in [0.29, 0.717) is 12.8 Å². The molecule has 1 fully saturated rings. The largest absolute Gasteiger partial charge is 0.345 e. The Kier molecular flexibility index (Phi) is 7.55.